The zero-order valence-corrected chi connectivity index (χ0v) is 26.2. The number of esters is 4. The number of benzene rings is 2. The molecular weight excluding hydrogens is 591 g/mol. The molecule has 2 heterocycles. The minimum absolute atomic E-state index is 0.269. The van der Waals surface area contributed by atoms with Crippen LogP contribution in [0.15, 0.2) is 54.6 Å². The Bertz CT molecular complexity index is 1530. The summed E-state index contributed by atoms with van der Waals surface area (Å²) in [6, 6.07) is 15.6. The number of aryl methyl sites for hydroxylation is 1. The summed E-state index contributed by atoms with van der Waals surface area (Å²) in [6.07, 6.45) is -4.18. The van der Waals surface area contributed by atoms with E-state index in [0.29, 0.717) is 12.0 Å². The lowest BCUT2D eigenvalue weighted by Crippen LogP contribution is -2.66. The fourth-order valence-corrected chi connectivity index (χ4v) is 6.38. The highest BCUT2D eigenvalue weighted by Crippen LogP contribution is 2.45. The summed E-state index contributed by atoms with van der Waals surface area (Å²) in [5.74, 6) is -5.25. The summed E-state index contributed by atoms with van der Waals surface area (Å²) in [5.41, 5.74) is 3.04. The van der Waals surface area contributed by atoms with E-state index in [1.807, 2.05) is 25.1 Å². The molecular formula is C33H35FO9S. The number of halogens is 1. The van der Waals surface area contributed by atoms with Crippen LogP contribution in [-0.2, 0) is 55.1 Å². The monoisotopic (exact) mass is 626 g/mol. The Kier molecular flexibility index (Phi) is 10.2. The maximum Gasteiger partial charge on any atom is 0.305 e. The van der Waals surface area contributed by atoms with Crippen LogP contribution in [0.2, 0.25) is 0 Å². The van der Waals surface area contributed by atoms with Crippen LogP contribution >= 0.6 is 11.3 Å². The molecule has 0 unspecified atom stereocenters. The van der Waals surface area contributed by atoms with Crippen LogP contribution in [-0.4, -0.2) is 48.3 Å². The normalized spacial score (nSPS) is 23.0. The van der Waals surface area contributed by atoms with Gasteiger partial charge in [0.25, 0.3) is 5.79 Å². The van der Waals surface area contributed by atoms with Crippen LogP contribution in [0.3, 0.4) is 0 Å². The van der Waals surface area contributed by atoms with Crippen molar-refractivity contribution in [3.63, 3.8) is 0 Å². The van der Waals surface area contributed by atoms with Crippen molar-refractivity contribution >= 4 is 35.2 Å². The van der Waals surface area contributed by atoms with Gasteiger partial charge in [-0.05, 0) is 60.4 Å². The predicted octanol–water partition coefficient (Wildman–Crippen LogP) is 5.77. The molecule has 1 aromatic heterocycles. The van der Waals surface area contributed by atoms with E-state index in [1.54, 1.807) is 42.5 Å². The van der Waals surface area contributed by atoms with E-state index in [0.717, 1.165) is 33.4 Å². The van der Waals surface area contributed by atoms with Crippen LogP contribution in [0.1, 0.15) is 62.6 Å². The number of hydrogen-bond acceptors (Lipinski definition) is 10. The highest BCUT2D eigenvalue weighted by atomic mass is 32.1. The molecule has 0 amide bonds. The molecule has 9 nitrogen and oxygen atoms in total. The Morgan fingerprint density at radius 1 is 0.841 bits per heavy atom. The second-order valence-electron chi connectivity index (χ2n) is 10.6. The summed E-state index contributed by atoms with van der Waals surface area (Å²) in [4.78, 5) is 51.5. The first-order valence-electron chi connectivity index (χ1n) is 14.2. The Balaban J connectivity index is 1.82. The van der Waals surface area contributed by atoms with Gasteiger partial charge in [-0.3, -0.25) is 19.2 Å². The topological polar surface area (TPSA) is 114 Å². The molecule has 234 valence electrons. The maximum absolute atomic E-state index is 13.4. The van der Waals surface area contributed by atoms with Crippen LogP contribution < -0.4 is 0 Å². The zero-order chi connectivity index (χ0) is 32.2. The van der Waals surface area contributed by atoms with Crippen molar-refractivity contribution in [2.45, 2.75) is 84.6 Å². The fraction of sp³-hybridized carbons (Fsp3) is 0.394. The van der Waals surface area contributed by atoms with E-state index >= 15 is 0 Å². The highest BCUT2D eigenvalue weighted by molar-refractivity contribution is 7.15. The molecule has 1 aliphatic rings. The number of ether oxygens (including phenoxy) is 5. The molecule has 0 aliphatic carbocycles. The van der Waals surface area contributed by atoms with E-state index < -0.39 is 54.1 Å². The molecule has 2 aromatic carbocycles. The summed E-state index contributed by atoms with van der Waals surface area (Å²) < 4.78 is 42.6. The molecule has 0 saturated carbocycles. The van der Waals surface area contributed by atoms with Gasteiger partial charge in [0, 0.05) is 49.4 Å². The zero-order valence-electron chi connectivity index (χ0n) is 25.4. The van der Waals surface area contributed by atoms with Gasteiger partial charge in [-0.1, -0.05) is 31.2 Å². The van der Waals surface area contributed by atoms with E-state index in [-0.39, 0.29) is 12.2 Å². The predicted molar refractivity (Wildman–Crippen MR) is 159 cm³/mol. The summed E-state index contributed by atoms with van der Waals surface area (Å²) in [6.45, 7) is 8.42. The molecule has 3 aromatic rings. The van der Waals surface area contributed by atoms with E-state index in [9.17, 15) is 23.6 Å². The lowest BCUT2D eigenvalue weighted by atomic mass is 9.85. The smallest absolute Gasteiger partial charge is 0.305 e. The summed E-state index contributed by atoms with van der Waals surface area (Å²) in [5, 5.41) is 0. The van der Waals surface area contributed by atoms with Gasteiger partial charge < -0.3 is 23.7 Å². The van der Waals surface area contributed by atoms with Gasteiger partial charge >= 0.3 is 23.9 Å². The average Bonchev–Trinajstić information content (AvgIpc) is 3.41. The van der Waals surface area contributed by atoms with Crippen molar-refractivity contribution < 1.29 is 47.3 Å². The van der Waals surface area contributed by atoms with E-state index in [4.69, 9.17) is 23.7 Å². The van der Waals surface area contributed by atoms with Crippen molar-refractivity contribution in [3.05, 3.63) is 82.0 Å². The van der Waals surface area contributed by atoms with Crippen molar-refractivity contribution in [2.24, 2.45) is 0 Å². The van der Waals surface area contributed by atoms with Gasteiger partial charge in [-0.25, -0.2) is 4.39 Å². The number of rotatable bonds is 9. The summed E-state index contributed by atoms with van der Waals surface area (Å²) >= 11 is 1.56. The summed E-state index contributed by atoms with van der Waals surface area (Å²) in [7, 11) is 0. The lowest BCUT2D eigenvalue weighted by molar-refractivity contribution is -0.358. The Morgan fingerprint density at radius 2 is 1.48 bits per heavy atom. The first kappa shape index (κ1) is 32.8. The first-order chi connectivity index (χ1) is 20.8. The molecule has 1 saturated heterocycles. The average molecular weight is 627 g/mol. The molecule has 11 heteroatoms. The lowest BCUT2D eigenvalue weighted by Gasteiger charge is -2.50. The van der Waals surface area contributed by atoms with Crippen molar-refractivity contribution in [1.29, 1.82) is 0 Å². The second-order valence-corrected chi connectivity index (χ2v) is 11.8. The van der Waals surface area contributed by atoms with Crippen LogP contribution in [0.4, 0.5) is 4.39 Å². The van der Waals surface area contributed by atoms with Crippen molar-refractivity contribution in [3.8, 4) is 10.4 Å². The molecule has 0 radical (unpaired) electrons. The molecule has 1 fully saturated rings. The van der Waals surface area contributed by atoms with Gasteiger partial charge in [-0.2, -0.15) is 0 Å². The number of thiophene rings is 1. The Morgan fingerprint density at radius 3 is 2.07 bits per heavy atom. The number of carbonyl (C=O) groups is 4. The van der Waals surface area contributed by atoms with Gasteiger partial charge in [0.1, 0.15) is 11.9 Å². The van der Waals surface area contributed by atoms with Gasteiger partial charge in [0.05, 0.1) is 0 Å². The third kappa shape index (κ3) is 7.34. The standard InChI is InChI=1S/C33H35FO9S/c1-7-28-30(39-19(3)35)31(40-20(4)36)32(41-21(5)37)33(43-28,42-22(6)38)25-11-8-18(2)24(16-25)17-27-14-15-29(44-27)23-9-12-26(34)13-10-23/h8-16,28,30-32H,7,17H2,1-6H3/t28-,30-,31+,32-,33+/m1/s1. The van der Waals surface area contributed by atoms with Crippen LogP contribution in [0.25, 0.3) is 10.4 Å². The molecule has 5 atom stereocenters. The highest BCUT2D eigenvalue weighted by Gasteiger charge is 2.62. The third-order valence-electron chi connectivity index (χ3n) is 7.19. The minimum atomic E-state index is -2.05. The molecule has 0 bridgehead atoms. The number of carbonyl (C=O) groups excluding carboxylic acids is 4. The Labute approximate surface area is 259 Å². The van der Waals surface area contributed by atoms with Crippen LogP contribution in [0.5, 0.6) is 0 Å². The first-order valence-corrected chi connectivity index (χ1v) is 15.0. The third-order valence-corrected chi connectivity index (χ3v) is 8.33. The van der Waals surface area contributed by atoms with E-state index in [2.05, 4.69) is 0 Å². The molecule has 0 N–H and O–H groups in total. The molecule has 1 aliphatic heterocycles. The van der Waals surface area contributed by atoms with Gasteiger partial charge in [-0.15, -0.1) is 11.3 Å². The van der Waals surface area contributed by atoms with Crippen LogP contribution in [0, 0.1) is 12.7 Å². The van der Waals surface area contributed by atoms with Crippen molar-refractivity contribution in [1.82, 2.24) is 0 Å². The van der Waals surface area contributed by atoms with E-state index in [1.165, 1.54) is 32.9 Å². The Hall–Kier alpha value is -4.09. The number of hydrogen-bond donors (Lipinski definition) is 0. The molecule has 4 rings (SSSR count). The van der Waals surface area contributed by atoms with Gasteiger partial charge in [0.15, 0.2) is 12.2 Å². The molecule has 44 heavy (non-hydrogen) atoms. The maximum atomic E-state index is 13.4. The van der Waals surface area contributed by atoms with Gasteiger partial charge in [0.2, 0.25) is 6.10 Å². The minimum Gasteiger partial charge on any atom is -0.456 e. The fourth-order valence-electron chi connectivity index (χ4n) is 5.35. The largest absolute Gasteiger partial charge is 0.456 e. The second kappa shape index (κ2) is 13.7. The quantitative estimate of drug-likeness (QED) is 0.216. The molecule has 0 spiro atoms. The SMILES string of the molecule is CC[C@H]1O[C@@](OC(C)=O)(c2ccc(C)c(Cc3ccc(-c4ccc(F)cc4)s3)c2)[C@H](OC(C)=O)[C@@H](OC(C)=O)[C@@H]1OC(C)=O. The van der Waals surface area contributed by atoms with Crippen molar-refractivity contribution in [2.75, 3.05) is 0 Å².